The molecule has 0 saturated heterocycles. The van der Waals surface area contributed by atoms with E-state index in [0.717, 1.165) is 41.9 Å². The molecule has 0 saturated carbocycles. The van der Waals surface area contributed by atoms with Gasteiger partial charge in [0.25, 0.3) is 10.0 Å². The van der Waals surface area contributed by atoms with Gasteiger partial charge in [0.15, 0.2) is 0 Å². The number of aromatic nitrogens is 1. The second kappa shape index (κ2) is 10.2. The minimum Gasteiger partial charge on any atom is -0.465 e. The number of hydrogen-bond donors (Lipinski definition) is 1. The Morgan fingerprint density at radius 3 is 2.78 bits per heavy atom. The maximum Gasteiger partial charge on any atom is 0.340 e. The fourth-order valence-electron chi connectivity index (χ4n) is 4.35. The Hall–Kier alpha value is -2.07. The lowest BCUT2D eigenvalue weighted by molar-refractivity contribution is 0.0595. The first kappa shape index (κ1) is 23.1. The number of pyridine rings is 1. The predicted octanol–water partition coefficient (Wildman–Crippen LogP) is 3.66. The van der Waals surface area contributed by atoms with E-state index in [0.29, 0.717) is 25.9 Å². The molecular weight excluding hydrogens is 446 g/mol. The average molecular weight is 476 g/mol. The topological polar surface area (TPSA) is 88.6 Å². The van der Waals surface area contributed by atoms with Crippen molar-refractivity contribution < 1.29 is 17.9 Å². The fourth-order valence-corrected chi connectivity index (χ4v) is 7.36. The molecule has 2 aliphatic rings. The quantitative estimate of drug-likeness (QED) is 0.463. The van der Waals surface area contributed by atoms with E-state index in [9.17, 15) is 13.2 Å². The van der Waals surface area contributed by atoms with Crippen LogP contribution in [0.15, 0.2) is 40.4 Å². The number of fused-ring (bicyclic) bond motifs is 1. The molecule has 4 rings (SSSR count). The number of methoxy groups -OCH3 is 1. The van der Waals surface area contributed by atoms with Crippen molar-refractivity contribution in [2.75, 3.05) is 20.2 Å². The number of nitrogens with zero attached hydrogens (tertiary/aromatic N) is 2. The van der Waals surface area contributed by atoms with E-state index in [1.807, 2.05) is 12.1 Å². The number of allylic oxidation sites excluding steroid dienone is 1. The third kappa shape index (κ3) is 5.28. The normalized spacial score (nSPS) is 17.0. The van der Waals surface area contributed by atoms with Crippen LogP contribution in [0.3, 0.4) is 0 Å². The van der Waals surface area contributed by atoms with Crippen LogP contribution >= 0.6 is 11.3 Å². The first-order chi connectivity index (χ1) is 15.5. The van der Waals surface area contributed by atoms with Crippen LogP contribution in [0.2, 0.25) is 0 Å². The number of hydrogen-bond acceptors (Lipinski definition) is 7. The van der Waals surface area contributed by atoms with Crippen molar-refractivity contribution in [3.05, 3.63) is 57.7 Å². The van der Waals surface area contributed by atoms with Crippen LogP contribution in [0, 0.1) is 0 Å². The van der Waals surface area contributed by atoms with Gasteiger partial charge in [-0.15, -0.1) is 11.3 Å². The number of nitrogens with one attached hydrogen (secondary N) is 1. The first-order valence-corrected chi connectivity index (χ1v) is 13.3. The van der Waals surface area contributed by atoms with Crippen LogP contribution in [-0.4, -0.2) is 44.5 Å². The van der Waals surface area contributed by atoms with Crippen LogP contribution in [-0.2, 0) is 34.3 Å². The molecule has 0 aromatic carbocycles. The Labute approximate surface area is 193 Å². The van der Waals surface area contributed by atoms with Crippen LogP contribution < -0.4 is 4.72 Å². The molecule has 32 heavy (non-hydrogen) atoms. The van der Waals surface area contributed by atoms with Gasteiger partial charge >= 0.3 is 5.97 Å². The molecule has 0 radical (unpaired) electrons. The van der Waals surface area contributed by atoms with Gasteiger partial charge in [-0.25, -0.2) is 17.9 Å². The summed E-state index contributed by atoms with van der Waals surface area (Å²) in [6, 6.07) is 3.96. The summed E-state index contributed by atoms with van der Waals surface area (Å²) in [5.41, 5.74) is 3.48. The second-order valence-corrected chi connectivity index (χ2v) is 11.3. The van der Waals surface area contributed by atoms with Crippen molar-refractivity contribution in [1.82, 2.24) is 14.6 Å². The summed E-state index contributed by atoms with van der Waals surface area (Å²) in [5.74, 6) is -0.583. The first-order valence-electron chi connectivity index (χ1n) is 11.0. The molecule has 172 valence electrons. The predicted molar refractivity (Wildman–Crippen MR) is 124 cm³/mol. The lowest BCUT2D eigenvalue weighted by Crippen LogP contribution is -2.30. The van der Waals surface area contributed by atoms with Crippen molar-refractivity contribution in [2.24, 2.45) is 0 Å². The zero-order chi connectivity index (χ0) is 22.6. The number of rotatable bonds is 8. The van der Waals surface area contributed by atoms with Gasteiger partial charge in [0.1, 0.15) is 4.21 Å². The maximum atomic E-state index is 13.2. The van der Waals surface area contributed by atoms with Gasteiger partial charge in [0.2, 0.25) is 0 Å². The fraction of sp³-hybridized carbons (Fsp3) is 0.478. The van der Waals surface area contributed by atoms with Gasteiger partial charge in [-0.3, -0.25) is 9.88 Å². The lowest BCUT2D eigenvalue weighted by Gasteiger charge is -2.27. The number of esters is 1. The molecule has 1 N–H and O–H groups in total. The van der Waals surface area contributed by atoms with Crippen molar-refractivity contribution in [2.45, 2.75) is 55.8 Å². The van der Waals surface area contributed by atoms with Gasteiger partial charge in [-0.1, -0.05) is 11.6 Å². The number of sulfonamides is 1. The molecule has 2 aromatic heterocycles. The van der Waals surface area contributed by atoms with Crippen LogP contribution in [0.4, 0.5) is 0 Å². The summed E-state index contributed by atoms with van der Waals surface area (Å²) in [4.78, 5) is 19.8. The minimum absolute atomic E-state index is 0.0812. The highest BCUT2D eigenvalue weighted by Crippen LogP contribution is 2.37. The molecule has 0 amide bonds. The monoisotopic (exact) mass is 475 g/mol. The second-order valence-electron chi connectivity index (χ2n) is 8.23. The zero-order valence-corrected chi connectivity index (χ0v) is 19.9. The van der Waals surface area contributed by atoms with E-state index >= 15 is 0 Å². The average Bonchev–Trinajstić information content (AvgIpc) is 3.20. The van der Waals surface area contributed by atoms with Crippen molar-refractivity contribution in [3.63, 3.8) is 0 Å². The highest BCUT2D eigenvalue weighted by molar-refractivity contribution is 7.91. The number of ether oxygens (including phenoxy) is 1. The van der Waals surface area contributed by atoms with E-state index in [2.05, 4.69) is 20.7 Å². The summed E-state index contributed by atoms with van der Waals surface area (Å²) in [7, 11) is -2.51. The summed E-state index contributed by atoms with van der Waals surface area (Å²) < 4.78 is 34.1. The Morgan fingerprint density at radius 2 is 2.06 bits per heavy atom. The maximum absolute atomic E-state index is 13.2. The van der Waals surface area contributed by atoms with Crippen molar-refractivity contribution >= 4 is 27.3 Å². The third-order valence-electron chi connectivity index (χ3n) is 6.02. The molecule has 0 fully saturated rings. The molecule has 0 atom stereocenters. The third-order valence-corrected chi connectivity index (χ3v) is 9.21. The SMILES string of the molecule is COC(=O)c1c(S(=O)(=O)NCCC2=CCCCC2)sc2c1CCN(Cc1ccncc1)C2. The summed E-state index contributed by atoms with van der Waals surface area (Å²) in [6.45, 7) is 2.44. The Bertz CT molecular complexity index is 1090. The zero-order valence-electron chi connectivity index (χ0n) is 18.3. The van der Waals surface area contributed by atoms with E-state index in [4.69, 9.17) is 4.74 Å². The molecule has 0 spiro atoms. The molecule has 1 aliphatic carbocycles. The molecule has 1 aliphatic heterocycles. The molecule has 7 nitrogen and oxygen atoms in total. The number of thiophene rings is 1. The largest absolute Gasteiger partial charge is 0.465 e. The van der Waals surface area contributed by atoms with Gasteiger partial charge in [0.05, 0.1) is 12.7 Å². The molecular formula is C23H29N3O4S2. The van der Waals surface area contributed by atoms with Gasteiger partial charge in [-0.05, 0) is 61.8 Å². The summed E-state index contributed by atoms with van der Waals surface area (Å²) in [5, 5.41) is 0. The number of carbonyl (C=O) groups is 1. The molecule has 0 bridgehead atoms. The number of carbonyl (C=O) groups excluding carboxylic acids is 1. The van der Waals surface area contributed by atoms with Crippen LogP contribution in [0.1, 0.15) is 58.5 Å². The van der Waals surface area contributed by atoms with Crippen molar-refractivity contribution in [3.8, 4) is 0 Å². The van der Waals surface area contributed by atoms with E-state index in [1.54, 1.807) is 12.4 Å². The standard InChI is InChI=1S/C23H29N3O4S2/c1-30-22(27)21-19-10-14-26(15-18-7-11-24-12-8-18)16-20(19)31-23(21)32(28,29)25-13-9-17-5-3-2-4-6-17/h5,7-8,11-12,25H,2-4,6,9-10,13-16H2,1H3. The van der Waals surface area contributed by atoms with Gasteiger partial charge < -0.3 is 4.74 Å². The highest BCUT2D eigenvalue weighted by Gasteiger charge is 2.34. The van der Waals surface area contributed by atoms with E-state index in [1.165, 1.54) is 36.9 Å². The molecule has 3 heterocycles. The molecule has 2 aromatic rings. The highest BCUT2D eigenvalue weighted by atomic mass is 32.2. The van der Waals surface area contributed by atoms with E-state index in [-0.39, 0.29) is 9.77 Å². The lowest BCUT2D eigenvalue weighted by atomic mass is 9.97. The van der Waals surface area contributed by atoms with E-state index < -0.39 is 16.0 Å². The van der Waals surface area contributed by atoms with Gasteiger partial charge in [-0.2, -0.15) is 0 Å². The Kier molecular flexibility index (Phi) is 7.40. The van der Waals surface area contributed by atoms with Crippen LogP contribution in [0.25, 0.3) is 0 Å². The summed E-state index contributed by atoms with van der Waals surface area (Å²) >= 11 is 1.19. The van der Waals surface area contributed by atoms with Crippen molar-refractivity contribution in [1.29, 1.82) is 0 Å². The Balaban J connectivity index is 1.53. The molecule has 9 heteroatoms. The van der Waals surface area contributed by atoms with Gasteiger partial charge in [0, 0.05) is 43.4 Å². The smallest absolute Gasteiger partial charge is 0.340 e. The Morgan fingerprint density at radius 1 is 1.25 bits per heavy atom. The summed E-state index contributed by atoms with van der Waals surface area (Å²) in [6.07, 6.45) is 11.6. The van der Waals surface area contributed by atoms with Crippen LogP contribution in [0.5, 0.6) is 0 Å². The molecule has 0 unspecified atom stereocenters. The minimum atomic E-state index is -3.80.